The maximum Gasteiger partial charge on any atom is 0.337 e. The number of methoxy groups -OCH3 is 1. The summed E-state index contributed by atoms with van der Waals surface area (Å²) in [6.45, 7) is 13.0. The summed E-state index contributed by atoms with van der Waals surface area (Å²) in [5.74, 6) is 0.859. The molecule has 3 atom stereocenters. The number of halogens is 1. The molecule has 0 bridgehead atoms. The van der Waals surface area contributed by atoms with E-state index in [9.17, 15) is 9.59 Å². The van der Waals surface area contributed by atoms with E-state index in [4.69, 9.17) is 25.5 Å². The van der Waals surface area contributed by atoms with Gasteiger partial charge >= 0.3 is 5.97 Å². The summed E-state index contributed by atoms with van der Waals surface area (Å²) in [7, 11) is -0.693. The molecule has 4 rings (SSSR count). The lowest BCUT2D eigenvalue weighted by atomic mass is 9.70. The number of rotatable bonds is 7. The molecule has 0 aromatic heterocycles. The molecule has 1 aliphatic heterocycles. The Labute approximate surface area is 245 Å². The van der Waals surface area contributed by atoms with Gasteiger partial charge in [-0.25, -0.2) is 4.79 Å². The lowest BCUT2D eigenvalue weighted by Gasteiger charge is -2.46. The van der Waals surface area contributed by atoms with E-state index in [2.05, 4.69) is 38.8 Å². The van der Waals surface area contributed by atoms with Gasteiger partial charge in [0.15, 0.2) is 8.32 Å². The van der Waals surface area contributed by atoms with Crippen LogP contribution in [0.2, 0.25) is 23.2 Å². The molecule has 8 heteroatoms. The lowest BCUT2D eigenvalue weighted by Crippen LogP contribution is -2.51. The first-order valence-electron chi connectivity index (χ1n) is 14.4. The molecule has 0 N–H and O–H groups in total. The van der Waals surface area contributed by atoms with E-state index < -0.39 is 8.32 Å². The summed E-state index contributed by atoms with van der Waals surface area (Å²) in [5, 5.41) is 0.771. The second-order valence-electron chi connectivity index (χ2n) is 12.8. The van der Waals surface area contributed by atoms with E-state index in [1.54, 1.807) is 6.07 Å². The Morgan fingerprint density at radius 1 is 1.15 bits per heavy atom. The topological polar surface area (TPSA) is 65.1 Å². The van der Waals surface area contributed by atoms with Crippen molar-refractivity contribution in [3.63, 3.8) is 0 Å². The molecule has 0 amide bonds. The molecule has 1 aliphatic carbocycles. The highest BCUT2D eigenvalue weighted by Gasteiger charge is 2.45. The SMILES string of the molecule is COC(=O)c1ccc2c(c1)N(C[C@@H]1CC[C@H]1C(C=O)O[Si](C)(C)C(C)(C)C)CCCCc1cc(Cl)ccc1CO2. The molecular weight excluding hydrogens is 542 g/mol. The zero-order valence-electron chi connectivity index (χ0n) is 24.8. The Morgan fingerprint density at radius 3 is 2.58 bits per heavy atom. The number of hydrogen-bond acceptors (Lipinski definition) is 6. The van der Waals surface area contributed by atoms with Crippen LogP contribution in [0.15, 0.2) is 36.4 Å². The van der Waals surface area contributed by atoms with Gasteiger partial charge in [0.1, 0.15) is 24.7 Å². The van der Waals surface area contributed by atoms with Crippen molar-refractivity contribution >= 4 is 37.9 Å². The number of carbonyl (C=O) groups is 2. The van der Waals surface area contributed by atoms with Gasteiger partial charge in [0.25, 0.3) is 0 Å². The van der Waals surface area contributed by atoms with Crippen molar-refractivity contribution in [3.8, 4) is 5.75 Å². The minimum absolute atomic E-state index is 0.0359. The van der Waals surface area contributed by atoms with Gasteiger partial charge in [-0.15, -0.1) is 0 Å². The standard InChI is InChI=1S/C32H44ClNO5Si/c1-32(2,3)40(5,6)39-30(20-35)27-14-11-24(27)19-34-16-8-7-9-22-17-26(33)13-10-25(22)21-38-29-15-12-23(18-28(29)34)31(36)37-4/h10,12-13,15,17-18,20,24,27,30H,7-9,11,14,16,19,21H2,1-6H3/t24-,27+,30?/m0/s1. The average Bonchev–Trinajstić information content (AvgIpc) is 2.92. The maximum atomic E-state index is 12.5. The van der Waals surface area contributed by atoms with Gasteiger partial charge in [0.05, 0.1) is 18.4 Å². The van der Waals surface area contributed by atoms with Crippen LogP contribution < -0.4 is 9.64 Å². The van der Waals surface area contributed by atoms with Crippen LogP contribution >= 0.6 is 11.6 Å². The van der Waals surface area contributed by atoms with E-state index in [1.807, 2.05) is 30.3 Å². The highest BCUT2D eigenvalue weighted by atomic mass is 35.5. The Bertz CT molecular complexity index is 1210. The Balaban J connectivity index is 1.61. The molecule has 1 unspecified atom stereocenters. The molecule has 218 valence electrons. The summed E-state index contributed by atoms with van der Waals surface area (Å²) in [6.07, 6.45) is 5.58. The molecule has 40 heavy (non-hydrogen) atoms. The fourth-order valence-electron chi connectivity index (χ4n) is 5.45. The van der Waals surface area contributed by atoms with E-state index in [1.165, 1.54) is 12.7 Å². The van der Waals surface area contributed by atoms with Crippen LogP contribution in [0.3, 0.4) is 0 Å². The smallest absolute Gasteiger partial charge is 0.337 e. The van der Waals surface area contributed by atoms with E-state index in [-0.39, 0.29) is 23.0 Å². The van der Waals surface area contributed by atoms with Gasteiger partial charge in [0.2, 0.25) is 0 Å². The third-order valence-electron chi connectivity index (χ3n) is 9.12. The van der Waals surface area contributed by atoms with E-state index >= 15 is 0 Å². The molecule has 2 aromatic rings. The number of benzene rings is 2. The minimum Gasteiger partial charge on any atom is -0.487 e. The van der Waals surface area contributed by atoms with Gasteiger partial charge in [0, 0.05) is 18.1 Å². The number of carbonyl (C=O) groups excluding carboxylic acids is 2. The second-order valence-corrected chi connectivity index (χ2v) is 18.0. The summed E-state index contributed by atoms with van der Waals surface area (Å²) in [6, 6.07) is 11.5. The van der Waals surface area contributed by atoms with Crippen molar-refractivity contribution in [1.29, 1.82) is 0 Å². The summed E-state index contributed by atoms with van der Waals surface area (Å²) in [4.78, 5) is 27.1. The number of esters is 1. The Hall–Kier alpha value is -2.35. The van der Waals surface area contributed by atoms with Crippen LogP contribution in [0.25, 0.3) is 0 Å². The fraction of sp³-hybridized carbons (Fsp3) is 0.562. The molecule has 0 saturated heterocycles. The van der Waals surface area contributed by atoms with Crippen LogP contribution in [0.5, 0.6) is 5.75 Å². The monoisotopic (exact) mass is 585 g/mol. The molecule has 1 fully saturated rings. The molecule has 1 saturated carbocycles. The van der Waals surface area contributed by atoms with E-state index in [0.717, 1.165) is 73.5 Å². The molecule has 2 aliphatic rings. The molecular formula is C32H44ClNO5Si. The largest absolute Gasteiger partial charge is 0.487 e. The number of ether oxygens (including phenoxy) is 2. The molecule has 0 spiro atoms. The minimum atomic E-state index is -2.09. The second kappa shape index (κ2) is 12.7. The fourth-order valence-corrected chi connectivity index (χ4v) is 6.91. The van der Waals surface area contributed by atoms with Crippen LogP contribution in [-0.4, -0.2) is 46.9 Å². The number of aryl methyl sites for hydroxylation is 1. The number of fused-ring (bicyclic) bond motifs is 2. The third-order valence-corrected chi connectivity index (χ3v) is 13.8. The average molecular weight is 586 g/mol. The summed E-state index contributed by atoms with van der Waals surface area (Å²) < 4.78 is 18.0. The predicted molar refractivity (Wildman–Crippen MR) is 163 cm³/mol. The van der Waals surface area contributed by atoms with Gasteiger partial charge in [-0.3, -0.25) is 0 Å². The lowest BCUT2D eigenvalue weighted by molar-refractivity contribution is -0.119. The zero-order valence-corrected chi connectivity index (χ0v) is 26.6. The van der Waals surface area contributed by atoms with Gasteiger partial charge in [-0.1, -0.05) is 38.4 Å². The van der Waals surface area contributed by atoms with Crippen molar-refractivity contribution in [2.45, 2.75) is 83.7 Å². The molecule has 0 radical (unpaired) electrons. The highest BCUT2D eigenvalue weighted by molar-refractivity contribution is 6.74. The van der Waals surface area contributed by atoms with Gasteiger partial charge in [-0.2, -0.15) is 0 Å². The highest BCUT2D eigenvalue weighted by Crippen LogP contribution is 2.44. The molecule has 2 aromatic carbocycles. The first-order chi connectivity index (χ1) is 18.9. The van der Waals surface area contributed by atoms with Crippen molar-refractivity contribution in [3.05, 3.63) is 58.1 Å². The van der Waals surface area contributed by atoms with Crippen LogP contribution in [0.4, 0.5) is 5.69 Å². The van der Waals surface area contributed by atoms with Crippen LogP contribution in [-0.2, 0) is 27.0 Å². The summed E-state index contributed by atoms with van der Waals surface area (Å²) in [5.41, 5.74) is 3.72. The van der Waals surface area contributed by atoms with Gasteiger partial charge < -0.3 is 23.6 Å². The predicted octanol–water partition coefficient (Wildman–Crippen LogP) is 7.46. The molecule has 1 heterocycles. The Morgan fingerprint density at radius 2 is 1.93 bits per heavy atom. The van der Waals surface area contributed by atoms with Crippen molar-refractivity contribution < 1.29 is 23.5 Å². The summed E-state index contributed by atoms with van der Waals surface area (Å²) >= 11 is 6.31. The normalized spacial score (nSPS) is 20.6. The number of anilines is 1. The van der Waals surface area contributed by atoms with Gasteiger partial charge in [-0.05, 0) is 104 Å². The number of nitrogens with zero attached hydrogens (tertiary/aromatic N) is 1. The first kappa shape index (κ1) is 30.6. The van der Waals surface area contributed by atoms with Crippen molar-refractivity contribution in [1.82, 2.24) is 0 Å². The first-order valence-corrected chi connectivity index (χ1v) is 17.7. The van der Waals surface area contributed by atoms with Crippen LogP contribution in [0, 0.1) is 11.8 Å². The molecule has 6 nitrogen and oxygen atoms in total. The quantitative estimate of drug-likeness (QED) is 0.191. The van der Waals surface area contributed by atoms with Crippen molar-refractivity contribution in [2.24, 2.45) is 11.8 Å². The third kappa shape index (κ3) is 6.92. The maximum absolute atomic E-state index is 12.5. The van der Waals surface area contributed by atoms with E-state index in [0.29, 0.717) is 18.1 Å². The number of hydrogen-bond donors (Lipinski definition) is 0. The zero-order chi connectivity index (χ0) is 29.1. The van der Waals surface area contributed by atoms with Crippen molar-refractivity contribution in [2.75, 3.05) is 25.1 Å². The Kier molecular flexibility index (Phi) is 9.69. The van der Waals surface area contributed by atoms with Crippen LogP contribution in [0.1, 0.15) is 67.9 Å². The number of aldehydes is 1.